The summed E-state index contributed by atoms with van der Waals surface area (Å²) in [7, 11) is 0. The summed E-state index contributed by atoms with van der Waals surface area (Å²) in [5.41, 5.74) is 3.16. The quantitative estimate of drug-likeness (QED) is 0.927. The van der Waals surface area contributed by atoms with E-state index in [-0.39, 0.29) is 5.91 Å². The Kier molecular flexibility index (Phi) is 3.72. The maximum atomic E-state index is 12.0. The molecule has 1 heterocycles. The van der Waals surface area contributed by atoms with E-state index in [1.165, 1.54) is 12.4 Å². The normalized spacial score (nSPS) is 10.2. The van der Waals surface area contributed by atoms with Crippen LogP contribution in [0.25, 0.3) is 0 Å². The molecule has 1 aromatic heterocycles. The van der Waals surface area contributed by atoms with E-state index in [0.717, 1.165) is 16.8 Å². The van der Waals surface area contributed by atoms with E-state index >= 15 is 0 Å². The zero-order valence-corrected chi connectivity index (χ0v) is 11.7. The van der Waals surface area contributed by atoms with Crippen molar-refractivity contribution in [2.45, 2.75) is 13.8 Å². The van der Waals surface area contributed by atoms with Gasteiger partial charge in [-0.2, -0.15) is 0 Å². The molecule has 4 nitrogen and oxygen atoms in total. The third kappa shape index (κ3) is 2.73. The van der Waals surface area contributed by atoms with Gasteiger partial charge in [-0.15, -0.1) is 0 Å². The number of aromatic nitrogens is 2. The molecule has 18 heavy (non-hydrogen) atoms. The Morgan fingerprint density at radius 1 is 1.17 bits per heavy atom. The molecule has 0 unspecified atom stereocenters. The molecule has 0 saturated carbocycles. The number of nitrogens with one attached hydrogen (secondary N) is 1. The minimum atomic E-state index is -0.257. The van der Waals surface area contributed by atoms with E-state index in [1.807, 2.05) is 32.0 Å². The predicted molar refractivity (Wildman–Crippen MR) is 73.6 cm³/mol. The van der Waals surface area contributed by atoms with Crippen molar-refractivity contribution in [1.82, 2.24) is 9.97 Å². The highest BCUT2D eigenvalue weighted by Gasteiger charge is 2.10. The van der Waals surface area contributed by atoms with Crippen LogP contribution in [0.5, 0.6) is 0 Å². The topological polar surface area (TPSA) is 54.9 Å². The first kappa shape index (κ1) is 12.7. The Bertz CT molecular complexity index is 561. The van der Waals surface area contributed by atoms with Gasteiger partial charge in [0.15, 0.2) is 0 Å². The highest BCUT2D eigenvalue weighted by Crippen LogP contribution is 2.19. The van der Waals surface area contributed by atoms with E-state index in [1.54, 1.807) is 0 Å². The Morgan fingerprint density at radius 3 is 2.39 bits per heavy atom. The minimum Gasteiger partial charge on any atom is -0.320 e. The van der Waals surface area contributed by atoms with Gasteiger partial charge < -0.3 is 5.32 Å². The van der Waals surface area contributed by atoms with Crippen molar-refractivity contribution in [3.8, 4) is 0 Å². The molecule has 1 amide bonds. The Hall–Kier alpha value is -1.75. The SMILES string of the molecule is Cc1cccc(C)c1NC(=O)c1cnc(Br)cn1. The summed E-state index contributed by atoms with van der Waals surface area (Å²) in [4.78, 5) is 20.0. The lowest BCUT2D eigenvalue weighted by Crippen LogP contribution is -2.15. The molecule has 0 radical (unpaired) electrons. The second-order valence-corrected chi connectivity index (χ2v) is 4.76. The van der Waals surface area contributed by atoms with Crippen molar-refractivity contribution >= 4 is 27.5 Å². The summed E-state index contributed by atoms with van der Waals surface area (Å²) >= 11 is 3.18. The van der Waals surface area contributed by atoms with Crippen LogP contribution in [0.2, 0.25) is 0 Å². The first-order chi connectivity index (χ1) is 8.58. The van der Waals surface area contributed by atoms with Gasteiger partial charge in [0, 0.05) is 5.69 Å². The number of carbonyl (C=O) groups is 1. The number of para-hydroxylation sites is 1. The first-order valence-corrected chi connectivity index (χ1v) is 6.22. The highest BCUT2D eigenvalue weighted by atomic mass is 79.9. The van der Waals surface area contributed by atoms with Gasteiger partial charge in [0.1, 0.15) is 10.3 Å². The van der Waals surface area contributed by atoms with Crippen LogP contribution in [0, 0.1) is 13.8 Å². The maximum absolute atomic E-state index is 12.0. The van der Waals surface area contributed by atoms with Crippen molar-refractivity contribution in [1.29, 1.82) is 0 Å². The fourth-order valence-corrected chi connectivity index (χ4v) is 1.82. The van der Waals surface area contributed by atoms with Gasteiger partial charge in [-0.25, -0.2) is 9.97 Å². The summed E-state index contributed by atoms with van der Waals surface area (Å²) in [6, 6.07) is 5.87. The molecule has 0 aliphatic rings. The van der Waals surface area contributed by atoms with Gasteiger partial charge >= 0.3 is 0 Å². The fraction of sp³-hybridized carbons (Fsp3) is 0.154. The number of hydrogen-bond acceptors (Lipinski definition) is 3. The standard InChI is InChI=1S/C13H12BrN3O/c1-8-4-3-5-9(2)12(8)17-13(18)10-6-16-11(14)7-15-10/h3-7H,1-2H3,(H,17,18). The number of rotatable bonds is 2. The number of anilines is 1. The minimum absolute atomic E-state index is 0.257. The van der Waals surface area contributed by atoms with Gasteiger partial charge in [0.25, 0.3) is 5.91 Å². The van der Waals surface area contributed by atoms with Crippen LogP contribution in [0.1, 0.15) is 21.6 Å². The monoisotopic (exact) mass is 305 g/mol. The molecule has 0 bridgehead atoms. The first-order valence-electron chi connectivity index (χ1n) is 5.43. The Morgan fingerprint density at radius 2 is 1.83 bits per heavy atom. The van der Waals surface area contributed by atoms with Crippen LogP contribution in [0.4, 0.5) is 5.69 Å². The van der Waals surface area contributed by atoms with E-state index in [4.69, 9.17) is 0 Å². The summed E-state index contributed by atoms with van der Waals surface area (Å²) < 4.78 is 0.603. The van der Waals surface area contributed by atoms with Crippen LogP contribution in [-0.2, 0) is 0 Å². The molecule has 2 aromatic rings. The molecule has 92 valence electrons. The zero-order chi connectivity index (χ0) is 13.1. The van der Waals surface area contributed by atoms with Crippen molar-refractivity contribution in [2.75, 3.05) is 5.32 Å². The van der Waals surface area contributed by atoms with Crippen molar-refractivity contribution in [3.63, 3.8) is 0 Å². The highest BCUT2D eigenvalue weighted by molar-refractivity contribution is 9.10. The molecular weight excluding hydrogens is 294 g/mol. The average molecular weight is 306 g/mol. The lowest BCUT2D eigenvalue weighted by Gasteiger charge is -2.10. The second-order valence-electron chi connectivity index (χ2n) is 3.95. The largest absolute Gasteiger partial charge is 0.320 e. The maximum Gasteiger partial charge on any atom is 0.275 e. The van der Waals surface area contributed by atoms with E-state index in [0.29, 0.717) is 10.3 Å². The smallest absolute Gasteiger partial charge is 0.275 e. The summed E-state index contributed by atoms with van der Waals surface area (Å²) in [6.45, 7) is 3.91. The van der Waals surface area contributed by atoms with Gasteiger partial charge in [-0.05, 0) is 40.9 Å². The van der Waals surface area contributed by atoms with Crippen LogP contribution in [-0.4, -0.2) is 15.9 Å². The lowest BCUT2D eigenvalue weighted by molar-refractivity contribution is 0.102. The van der Waals surface area contributed by atoms with Crippen molar-refractivity contribution < 1.29 is 4.79 Å². The molecular formula is C13H12BrN3O. The van der Waals surface area contributed by atoms with E-state index in [9.17, 15) is 4.79 Å². The molecule has 2 rings (SSSR count). The summed E-state index contributed by atoms with van der Waals surface area (Å²) in [6.07, 6.45) is 2.94. The van der Waals surface area contributed by atoms with Gasteiger partial charge in [0.2, 0.25) is 0 Å². The molecule has 0 fully saturated rings. The van der Waals surface area contributed by atoms with Crippen LogP contribution in [0.15, 0.2) is 35.2 Å². The van der Waals surface area contributed by atoms with Crippen molar-refractivity contribution in [2.24, 2.45) is 0 Å². The zero-order valence-electron chi connectivity index (χ0n) is 10.1. The number of aryl methyl sites for hydroxylation is 2. The molecule has 5 heteroatoms. The van der Waals surface area contributed by atoms with E-state index in [2.05, 4.69) is 31.2 Å². The van der Waals surface area contributed by atoms with Gasteiger partial charge in [-0.3, -0.25) is 4.79 Å². The van der Waals surface area contributed by atoms with Crippen LogP contribution < -0.4 is 5.32 Å². The third-order valence-electron chi connectivity index (χ3n) is 2.57. The molecule has 0 spiro atoms. The molecule has 1 N–H and O–H groups in total. The molecule has 0 atom stereocenters. The molecule has 0 saturated heterocycles. The average Bonchev–Trinajstić information content (AvgIpc) is 2.34. The second kappa shape index (κ2) is 5.27. The van der Waals surface area contributed by atoms with Gasteiger partial charge in [-0.1, -0.05) is 18.2 Å². The van der Waals surface area contributed by atoms with E-state index < -0.39 is 0 Å². The molecule has 0 aliphatic carbocycles. The van der Waals surface area contributed by atoms with Crippen molar-refractivity contribution in [3.05, 3.63) is 52.0 Å². The predicted octanol–water partition coefficient (Wildman–Crippen LogP) is 3.11. The van der Waals surface area contributed by atoms with Crippen LogP contribution in [0.3, 0.4) is 0 Å². The number of hydrogen-bond donors (Lipinski definition) is 1. The van der Waals surface area contributed by atoms with Crippen LogP contribution >= 0.6 is 15.9 Å². The number of amides is 1. The Labute approximate surface area is 114 Å². The van der Waals surface area contributed by atoms with Gasteiger partial charge in [0.05, 0.1) is 12.4 Å². The summed E-state index contributed by atoms with van der Waals surface area (Å²) in [5, 5.41) is 2.86. The molecule has 0 aliphatic heterocycles. The number of benzene rings is 1. The third-order valence-corrected chi connectivity index (χ3v) is 2.98. The lowest BCUT2D eigenvalue weighted by atomic mass is 10.1. The Balaban J connectivity index is 2.24. The number of carbonyl (C=O) groups excluding carboxylic acids is 1. The molecule has 1 aromatic carbocycles. The number of halogens is 1. The fourth-order valence-electron chi connectivity index (χ4n) is 1.62. The summed E-state index contributed by atoms with van der Waals surface area (Å²) in [5.74, 6) is -0.257. The number of nitrogens with zero attached hydrogens (tertiary/aromatic N) is 2.